The Morgan fingerprint density at radius 1 is 1.31 bits per heavy atom. The smallest absolute Gasteiger partial charge is 0.241 e. The number of nitriles is 1. The molecule has 2 N–H and O–H groups in total. The van der Waals surface area contributed by atoms with Crippen LogP contribution in [-0.4, -0.2) is 39.4 Å². The molecule has 7 nitrogen and oxygen atoms in total. The maximum Gasteiger partial charge on any atom is 0.241 e. The van der Waals surface area contributed by atoms with E-state index in [1.165, 1.54) is 0 Å². The zero-order valence-corrected chi connectivity index (χ0v) is 15.1. The van der Waals surface area contributed by atoms with Gasteiger partial charge >= 0.3 is 0 Å². The van der Waals surface area contributed by atoms with E-state index < -0.39 is 17.0 Å². The van der Waals surface area contributed by atoms with Gasteiger partial charge < -0.3 is 10.6 Å². The zero-order chi connectivity index (χ0) is 18.4. The normalized spacial score (nSPS) is 51.7. The molecule has 4 bridgehead atoms. The number of hydrogen-bond donors (Lipinski definition) is 1. The molecular formula is C19H26N4O3. The number of hydrogen-bond acceptors (Lipinski definition) is 5. The average Bonchev–Trinajstić information content (AvgIpc) is 3.04. The topological polar surface area (TPSA) is 113 Å². The van der Waals surface area contributed by atoms with Gasteiger partial charge in [-0.1, -0.05) is 6.92 Å². The van der Waals surface area contributed by atoms with Crippen molar-refractivity contribution in [3.63, 3.8) is 0 Å². The first-order valence-electron chi connectivity index (χ1n) is 9.92. The molecule has 4 unspecified atom stereocenters. The summed E-state index contributed by atoms with van der Waals surface area (Å²) in [6.07, 6.45) is 5.18. The van der Waals surface area contributed by atoms with Crippen LogP contribution in [0.15, 0.2) is 0 Å². The van der Waals surface area contributed by atoms with Crippen molar-refractivity contribution in [2.24, 2.45) is 34.8 Å². The minimum absolute atomic E-state index is 0.0800. The average molecular weight is 358 g/mol. The number of likely N-dealkylation sites (tertiary alicyclic amines) is 1. The van der Waals surface area contributed by atoms with Crippen LogP contribution in [0.1, 0.15) is 51.9 Å². The summed E-state index contributed by atoms with van der Waals surface area (Å²) in [7, 11) is 0. The number of nitrogens with two attached hydrogens (primary N) is 1. The Morgan fingerprint density at radius 2 is 1.96 bits per heavy atom. The molecule has 0 aromatic heterocycles. The van der Waals surface area contributed by atoms with Gasteiger partial charge in [-0.2, -0.15) is 5.26 Å². The van der Waals surface area contributed by atoms with Crippen LogP contribution in [0.25, 0.3) is 0 Å². The Bertz CT molecular complexity index is 717. The number of rotatable bonds is 3. The fourth-order valence-corrected chi connectivity index (χ4v) is 7.61. The lowest BCUT2D eigenvalue weighted by molar-refractivity contribution is -0.592. The molecule has 1 heterocycles. The molecule has 1 aliphatic heterocycles. The number of nitrogens with zero attached hydrogens (tertiary/aromatic N) is 3. The summed E-state index contributed by atoms with van der Waals surface area (Å²) in [6.45, 7) is 2.13. The van der Waals surface area contributed by atoms with Gasteiger partial charge in [-0.15, -0.1) is 0 Å². The predicted octanol–water partition coefficient (Wildman–Crippen LogP) is 1.69. The molecule has 5 saturated carbocycles. The zero-order valence-electron chi connectivity index (χ0n) is 15.1. The van der Waals surface area contributed by atoms with E-state index in [0.29, 0.717) is 42.9 Å². The Balaban J connectivity index is 1.45. The monoisotopic (exact) mass is 358 g/mol. The Labute approximate surface area is 153 Å². The first-order chi connectivity index (χ1) is 12.3. The molecule has 140 valence electrons. The second kappa shape index (κ2) is 4.98. The number of carbonyl (C=O) groups excluding carboxylic acids is 1. The maximum absolute atomic E-state index is 13.4. The van der Waals surface area contributed by atoms with Gasteiger partial charge in [-0.25, -0.2) is 0 Å². The van der Waals surface area contributed by atoms with Gasteiger partial charge in [-0.05, 0) is 49.4 Å². The third kappa shape index (κ3) is 1.94. The first-order valence-corrected chi connectivity index (χ1v) is 9.92. The Kier molecular flexibility index (Phi) is 3.16. The fraction of sp³-hybridized carbons (Fsp3) is 0.895. The SMILES string of the molecule is C[C@H]1C2C[C@@H](C#N)N(C(=O)[C@@H](N)C34CC5CC(C3)CC([N+](=O)[O-])(C5)C4)C21. The van der Waals surface area contributed by atoms with Crippen molar-refractivity contribution in [2.45, 2.75) is 75.5 Å². The summed E-state index contributed by atoms with van der Waals surface area (Å²) in [5, 5.41) is 21.3. The second-order valence-electron chi connectivity index (χ2n) is 9.92. The highest BCUT2D eigenvalue weighted by molar-refractivity contribution is 5.84. The lowest BCUT2D eigenvalue weighted by atomic mass is 9.45. The second-order valence-corrected chi connectivity index (χ2v) is 9.92. The molecule has 7 heteroatoms. The fourth-order valence-electron chi connectivity index (χ4n) is 7.61. The van der Waals surface area contributed by atoms with Crippen molar-refractivity contribution in [3.8, 4) is 6.07 Å². The molecule has 6 rings (SSSR count). The van der Waals surface area contributed by atoms with Crippen molar-refractivity contribution < 1.29 is 9.72 Å². The highest BCUT2D eigenvalue weighted by Gasteiger charge is 2.68. The summed E-state index contributed by atoms with van der Waals surface area (Å²) in [4.78, 5) is 26.9. The van der Waals surface area contributed by atoms with Crippen molar-refractivity contribution >= 4 is 5.91 Å². The standard InChI is InChI=1S/C19H26N4O3/c1-10-14-3-13(8-20)22(15(10)14)17(24)16(21)18-4-11-2-12(5-18)7-19(6-11,9-18)23(25)26/h10-16H,2-7,9,21H2,1H3/t10-,11?,12?,13-,14?,15?,16+,18?,19?/m0/s1. The van der Waals surface area contributed by atoms with E-state index >= 15 is 0 Å². The minimum Gasteiger partial charge on any atom is -0.322 e. The molecule has 0 aromatic carbocycles. The lowest BCUT2D eigenvalue weighted by Gasteiger charge is -2.59. The van der Waals surface area contributed by atoms with Crippen LogP contribution in [0, 0.1) is 50.5 Å². The molecule has 0 aromatic rings. The van der Waals surface area contributed by atoms with Crippen molar-refractivity contribution in [1.82, 2.24) is 4.90 Å². The summed E-state index contributed by atoms with van der Waals surface area (Å²) in [5.41, 5.74) is 5.24. The molecule has 0 spiro atoms. The summed E-state index contributed by atoms with van der Waals surface area (Å²) in [5.74, 6) is 1.38. The van der Waals surface area contributed by atoms with E-state index in [9.17, 15) is 20.2 Å². The molecule has 7 atom stereocenters. The van der Waals surface area contributed by atoms with E-state index in [1.54, 1.807) is 4.90 Å². The third-order valence-electron chi connectivity index (χ3n) is 8.46. The van der Waals surface area contributed by atoms with E-state index in [0.717, 1.165) is 25.7 Å². The van der Waals surface area contributed by atoms with Gasteiger partial charge in [0.1, 0.15) is 6.04 Å². The Morgan fingerprint density at radius 3 is 2.54 bits per heavy atom. The number of piperidine rings is 1. The molecule has 6 fully saturated rings. The molecular weight excluding hydrogens is 332 g/mol. The number of nitro groups is 1. The van der Waals surface area contributed by atoms with Gasteiger partial charge in [0.2, 0.25) is 11.4 Å². The third-order valence-corrected chi connectivity index (χ3v) is 8.46. The van der Waals surface area contributed by atoms with Crippen LogP contribution in [0.3, 0.4) is 0 Å². The van der Waals surface area contributed by atoms with E-state index in [2.05, 4.69) is 13.0 Å². The first kappa shape index (κ1) is 16.5. The number of amides is 1. The van der Waals surface area contributed by atoms with Crippen LogP contribution in [0.5, 0.6) is 0 Å². The molecule has 26 heavy (non-hydrogen) atoms. The van der Waals surface area contributed by atoms with Gasteiger partial charge in [0, 0.05) is 35.6 Å². The van der Waals surface area contributed by atoms with Crippen molar-refractivity contribution in [1.29, 1.82) is 5.26 Å². The summed E-state index contributed by atoms with van der Waals surface area (Å²) >= 11 is 0. The molecule has 1 amide bonds. The molecule has 5 aliphatic carbocycles. The highest BCUT2D eigenvalue weighted by atomic mass is 16.6. The number of fused-ring (bicyclic) bond motifs is 1. The van der Waals surface area contributed by atoms with E-state index in [4.69, 9.17) is 5.73 Å². The predicted molar refractivity (Wildman–Crippen MR) is 92.1 cm³/mol. The molecule has 1 saturated heterocycles. The molecule has 0 radical (unpaired) electrons. The van der Waals surface area contributed by atoms with Crippen molar-refractivity contribution in [2.75, 3.05) is 0 Å². The summed E-state index contributed by atoms with van der Waals surface area (Å²) < 4.78 is 0. The quantitative estimate of drug-likeness (QED) is 0.609. The summed E-state index contributed by atoms with van der Waals surface area (Å²) in [6, 6.07) is 1.33. The van der Waals surface area contributed by atoms with Crippen molar-refractivity contribution in [3.05, 3.63) is 10.1 Å². The van der Waals surface area contributed by atoms with Crippen LogP contribution >= 0.6 is 0 Å². The maximum atomic E-state index is 13.4. The van der Waals surface area contributed by atoms with Crippen LogP contribution < -0.4 is 5.73 Å². The van der Waals surface area contributed by atoms with E-state index in [-0.39, 0.29) is 22.9 Å². The van der Waals surface area contributed by atoms with Gasteiger partial charge in [0.05, 0.1) is 12.1 Å². The number of carbonyl (C=O) groups is 1. The minimum atomic E-state index is -0.878. The highest BCUT2D eigenvalue weighted by Crippen LogP contribution is 2.64. The van der Waals surface area contributed by atoms with Gasteiger partial charge in [0.25, 0.3) is 0 Å². The Hall–Kier alpha value is -1.68. The van der Waals surface area contributed by atoms with Crippen LogP contribution in [0.2, 0.25) is 0 Å². The van der Waals surface area contributed by atoms with Gasteiger partial charge in [-0.3, -0.25) is 14.9 Å². The molecule has 6 aliphatic rings. The van der Waals surface area contributed by atoms with Crippen LogP contribution in [0.4, 0.5) is 0 Å². The van der Waals surface area contributed by atoms with Gasteiger partial charge in [0.15, 0.2) is 0 Å². The van der Waals surface area contributed by atoms with E-state index in [1.807, 2.05) is 0 Å². The lowest BCUT2D eigenvalue weighted by Crippen LogP contribution is -2.66. The largest absolute Gasteiger partial charge is 0.322 e. The van der Waals surface area contributed by atoms with Crippen LogP contribution in [-0.2, 0) is 4.79 Å².